The quantitative estimate of drug-likeness (QED) is 0.764. The summed E-state index contributed by atoms with van der Waals surface area (Å²) in [7, 11) is 1.60. The summed E-state index contributed by atoms with van der Waals surface area (Å²) in [5, 5.41) is 0. The summed E-state index contributed by atoms with van der Waals surface area (Å²) in [5.41, 5.74) is 1.93. The molecule has 0 aliphatic carbocycles. The Kier molecular flexibility index (Phi) is 5.64. The van der Waals surface area contributed by atoms with Crippen LogP contribution in [-0.4, -0.2) is 25.4 Å². The second-order valence-electron chi connectivity index (χ2n) is 4.59. The highest BCUT2D eigenvalue weighted by Gasteiger charge is 2.18. The maximum Gasteiger partial charge on any atom is 0.242 e. The SMILES string of the molecule is COc1ccccc1N(CCc1ccccc1)C(=O)CCl. The molecule has 4 heteroatoms. The van der Waals surface area contributed by atoms with Crippen molar-refractivity contribution in [1.29, 1.82) is 0 Å². The van der Waals surface area contributed by atoms with Gasteiger partial charge in [0.25, 0.3) is 0 Å². The Morgan fingerprint density at radius 1 is 1.10 bits per heavy atom. The zero-order valence-corrected chi connectivity index (χ0v) is 12.7. The minimum absolute atomic E-state index is 0.0488. The van der Waals surface area contributed by atoms with Crippen molar-refractivity contribution in [3.8, 4) is 5.75 Å². The summed E-state index contributed by atoms with van der Waals surface area (Å²) in [6.45, 7) is 0.565. The molecule has 0 saturated carbocycles. The first-order chi connectivity index (χ1) is 10.3. The summed E-state index contributed by atoms with van der Waals surface area (Å²) in [5.74, 6) is 0.494. The first-order valence-electron chi connectivity index (χ1n) is 6.79. The highest BCUT2D eigenvalue weighted by atomic mass is 35.5. The number of carbonyl (C=O) groups excluding carboxylic acids is 1. The van der Waals surface area contributed by atoms with Gasteiger partial charge in [0.2, 0.25) is 5.91 Å². The molecule has 0 radical (unpaired) electrons. The molecule has 0 aliphatic rings. The van der Waals surface area contributed by atoms with Crippen molar-refractivity contribution in [1.82, 2.24) is 0 Å². The largest absolute Gasteiger partial charge is 0.495 e. The fourth-order valence-corrected chi connectivity index (χ4v) is 2.33. The molecule has 0 spiro atoms. The van der Waals surface area contributed by atoms with Gasteiger partial charge in [-0.1, -0.05) is 42.5 Å². The van der Waals surface area contributed by atoms with Crippen LogP contribution in [-0.2, 0) is 11.2 Å². The van der Waals surface area contributed by atoms with Crippen LogP contribution in [0.1, 0.15) is 5.56 Å². The van der Waals surface area contributed by atoms with E-state index < -0.39 is 0 Å². The van der Waals surface area contributed by atoms with E-state index in [9.17, 15) is 4.79 Å². The minimum Gasteiger partial charge on any atom is -0.495 e. The number of ether oxygens (including phenoxy) is 1. The van der Waals surface area contributed by atoms with Gasteiger partial charge in [-0.2, -0.15) is 0 Å². The second-order valence-corrected chi connectivity index (χ2v) is 4.85. The lowest BCUT2D eigenvalue weighted by Gasteiger charge is -2.24. The zero-order chi connectivity index (χ0) is 15.1. The van der Waals surface area contributed by atoms with Gasteiger partial charge < -0.3 is 9.64 Å². The van der Waals surface area contributed by atoms with Crippen LogP contribution in [0.2, 0.25) is 0 Å². The minimum atomic E-state index is -0.128. The maximum atomic E-state index is 12.1. The fraction of sp³-hybridized carbons (Fsp3) is 0.235. The molecular weight excluding hydrogens is 286 g/mol. The van der Waals surface area contributed by atoms with E-state index in [0.717, 1.165) is 12.1 Å². The predicted octanol–water partition coefficient (Wildman–Crippen LogP) is 3.51. The lowest BCUT2D eigenvalue weighted by Crippen LogP contribution is -2.34. The Morgan fingerprint density at radius 2 is 1.76 bits per heavy atom. The molecule has 0 heterocycles. The monoisotopic (exact) mass is 303 g/mol. The number of rotatable bonds is 6. The van der Waals surface area contributed by atoms with Crippen LogP contribution in [0.15, 0.2) is 54.6 Å². The van der Waals surface area contributed by atoms with E-state index >= 15 is 0 Å². The molecule has 2 aromatic carbocycles. The highest BCUT2D eigenvalue weighted by molar-refractivity contribution is 6.29. The van der Waals surface area contributed by atoms with E-state index in [2.05, 4.69) is 0 Å². The Hall–Kier alpha value is -2.00. The highest BCUT2D eigenvalue weighted by Crippen LogP contribution is 2.28. The second kappa shape index (κ2) is 7.70. The molecule has 2 aromatic rings. The van der Waals surface area contributed by atoms with Crippen molar-refractivity contribution in [2.75, 3.05) is 24.4 Å². The van der Waals surface area contributed by atoms with Crippen LogP contribution in [0, 0.1) is 0 Å². The summed E-state index contributed by atoms with van der Waals surface area (Å²) in [6, 6.07) is 17.5. The lowest BCUT2D eigenvalue weighted by molar-refractivity contribution is -0.116. The van der Waals surface area contributed by atoms with Gasteiger partial charge in [-0.05, 0) is 24.1 Å². The van der Waals surface area contributed by atoms with Crippen molar-refractivity contribution in [3.63, 3.8) is 0 Å². The molecule has 2 rings (SSSR count). The third-order valence-electron chi connectivity index (χ3n) is 3.26. The molecular formula is C17H18ClNO2. The molecule has 0 unspecified atom stereocenters. The van der Waals surface area contributed by atoms with Crippen molar-refractivity contribution >= 4 is 23.2 Å². The van der Waals surface area contributed by atoms with Crippen LogP contribution in [0.5, 0.6) is 5.75 Å². The maximum absolute atomic E-state index is 12.1. The van der Waals surface area contributed by atoms with E-state index in [4.69, 9.17) is 16.3 Å². The topological polar surface area (TPSA) is 29.5 Å². The van der Waals surface area contributed by atoms with E-state index in [0.29, 0.717) is 12.3 Å². The van der Waals surface area contributed by atoms with Gasteiger partial charge in [-0.25, -0.2) is 0 Å². The molecule has 0 N–H and O–H groups in total. The van der Waals surface area contributed by atoms with Crippen molar-refractivity contribution < 1.29 is 9.53 Å². The standard InChI is InChI=1S/C17H18ClNO2/c1-21-16-10-6-5-9-15(16)19(17(20)13-18)12-11-14-7-3-2-4-8-14/h2-10H,11-13H2,1H3. The van der Waals surface area contributed by atoms with E-state index in [1.54, 1.807) is 12.0 Å². The van der Waals surface area contributed by atoms with Crippen molar-refractivity contribution in [2.24, 2.45) is 0 Å². The smallest absolute Gasteiger partial charge is 0.242 e. The Labute approximate surface area is 130 Å². The molecule has 0 saturated heterocycles. The predicted molar refractivity (Wildman–Crippen MR) is 86.2 cm³/mol. The van der Waals surface area contributed by atoms with Gasteiger partial charge in [0, 0.05) is 6.54 Å². The van der Waals surface area contributed by atoms with Crippen LogP contribution in [0.25, 0.3) is 0 Å². The molecule has 0 aliphatic heterocycles. The fourth-order valence-electron chi connectivity index (χ4n) is 2.19. The third kappa shape index (κ3) is 3.99. The van der Waals surface area contributed by atoms with Crippen molar-refractivity contribution in [2.45, 2.75) is 6.42 Å². The van der Waals surface area contributed by atoms with Gasteiger partial charge in [0.15, 0.2) is 0 Å². The van der Waals surface area contributed by atoms with E-state index in [1.807, 2.05) is 54.6 Å². The molecule has 0 atom stereocenters. The van der Waals surface area contributed by atoms with Gasteiger partial charge in [-0.3, -0.25) is 4.79 Å². The third-order valence-corrected chi connectivity index (χ3v) is 3.49. The van der Waals surface area contributed by atoms with Gasteiger partial charge in [-0.15, -0.1) is 11.6 Å². The average Bonchev–Trinajstić information content (AvgIpc) is 2.56. The molecule has 1 amide bonds. The number of methoxy groups -OCH3 is 1. The van der Waals surface area contributed by atoms with E-state index in [1.165, 1.54) is 5.56 Å². The molecule has 3 nitrogen and oxygen atoms in total. The van der Waals surface area contributed by atoms with E-state index in [-0.39, 0.29) is 11.8 Å². The molecule has 0 fully saturated rings. The average molecular weight is 304 g/mol. The van der Waals surface area contributed by atoms with Crippen LogP contribution in [0.4, 0.5) is 5.69 Å². The number of alkyl halides is 1. The van der Waals surface area contributed by atoms with Gasteiger partial charge in [0.05, 0.1) is 12.8 Å². The number of para-hydroxylation sites is 2. The first-order valence-corrected chi connectivity index (χ1v) is 7.33. The first kappa shape index (κ1) is 15.4. The summed E-state index contributed by atoms with van der Waals surface area (Å²) in [4.78, 5) is 13.8. The number of nitrogens with zero attached hydrogens (tertiary/aromatic N) is 1. The number of carbonyl (C=O) groups is 1. The van der Waals surface area contributed by atoms with Crippen molar-refractivity contribution in [3.05, 3.63) is 60.2 Å². The van der Waals surface area contributed by atoms with Crippen LogP contribution < -0.4 is 9.64 Å². The Balaban J connectivity index is 2.20. The summed E-state index contributed by atoms with van der Waals surface area (Å²) >= 11 is 5.74. The van der Waals surface area contributed by atoms with Gasteiger partial charge in [0.1, 0.15) is 11.6 Å². The Morgan fingerprint density at radius 3 is 2.43 bits per heavy atom. The normalized spacial score (nSPS) is 10.2. The molecule has 110 valence electrons. The lowest BCUT2D eigenvalue weighted by atomic mass is 10.1. The number of hydrogen-bond acceptors (Lipinski definition) is 2. The Bertz CT molecular complexity index is 586. The molecule has 0 aromatic heterocycles. The number of halogens is 1. The summed E-state index contributed by atoms with van der Waals surface area (Å²) < 4.78 is 5.34. The number of anilines is 1. The number of benzene rings is 2. The molecule has 21 heavy (non-hydrogen) atoms. The number of amides is 1. The molecule has 0 bridgehead atoms. The van der Waals surface area contributed by atoms with Crippen LogP contribution >= 0.6 is 11.6 Å². The summed E-state index contributed by atoms with van der Waals surface area (Å²) in [6.07, 6.45) is 0.765. The zero-order valence-electron chi connectivity index (χ0n) is 12.0. The van der Waals surface area contributed by atoms with Gasteiger partial charge >= 0.3 is 0 Å². The number of hydrogen-bond donors (Lipinski definition) is 0. The van der Waals surface area contributed by atoms with Crippen LogP contribution in [0.3, 0.4) is 0 Å².